The summed E-state index contributed by atoms with van der Waals surface area (Å²) in [6.07, 6.45) is 2.88. The summed E-state index contributed by atoms with van der Waals surface area (Å²) >= 11 is 0. The molecule has 2 aromatic carbocycles. The normalized spacial score (nSPS) is 14.5. The number of para-hydroxylation sites is 1. The first-order valence-corrected chi connectivity index (χ1v) is 11.5. The molecule has 2 atom stereocenters. The number of benzene rings is 2. The highest BCUT2D eigenvalue weighted by Crippen LogP contribution is 2.28. The SMILES string of the molecule is CC(CNC(=O)c1ccccc1O)(CC(O)n1cc(-c2ccccc2)cn1)S(C)(=O)=O. The molecular formula is C22H25N3O5S. The number of aromatic hydroxyl groups is 1. The van der Waals surface area contributed by atoms with Crippen molar-refractivity contribution in [1.82, 2.24) is 15.1 Å². The van der Waals surface area contributed by atoms with E-state index in [2.05, 4.69) is 10.4 Å². The second-order valence-electron chi connectivity index (χ2n) is 7.68. The van der Waals surface area contributed by atoms with Gasteiger partial charge in [0.1, 0.15) is 12.0 Å². The van der Waals surface area contributed by atoms with Crippen LogP contribution < -0.4 is 5.32 Å². The number of hydrogen-bond acceptors (Lipinski definition) is 6. The van der Waals surface area contributed by atoms with Gasteiger partial charge in [-0.1, -0.05) is 42.5 Å². The van der Waals surface area contributed by atoms with E-state index in [1.807, 2.05) is 30.3 Å². The van der Waals surface area contributed by atoms with Crippen molar-refractivity contribution in [2.75, 3.05) is 12.8 Å². The average Bonchev–Trinajstić information content (AvgIpc) is 3.23. The van der Waals surface area contributed by atoms with Crippen molar-refractivity contribution in [3.05, 3.63) is 72.6 Å². The maximum absolute atomic E-state index is 12.5. The lowest BCUT2D eigenvalue weighted by atomic mass is 10.1. The molecule has 164 valence electrons. The topological polar surface area (TPSA) is 122 Å². The first kappa shape index (κ1) is 22.5. The second-order valence-corrected chi connectivity index (χ2v) is 10.2. The number of carbonyl (C=O) groups is 1. The Labute approximate surface area is 181 Å². The third kappa shape index (κ3) is 5.12. The van der Waals surface area contributed by atoms with Crippen LogP contribution >= 0.6 is 0 Å². The Kier molecular flexibility index (Phi) is 6.47. The van der Waals surface area contributed by atoms with Crippen LogP contribution in [0, 0.1) is 0 Å². The largest absolute Gasteiger partial charge is 0.507 e. The van der Waals surface area contributed by atoms with Crippen molar-refractivity contribution in [3.8, 4) is 16.9 Å². The van der Waals surface area contributed by atoms with Crippen molar-refractivity contribution < 1.29 is 23.4 Å². The molecule has 2 unspecified atom stereocenters. The molecule has 0 bridgehead atoms. The predicted molar refractivity (Wildman–Crippen MR) is 117 cm³/mol. The fourth-order valence-corrected chi connectivity index (χ4v) is 3.93. The Morgan fingerprint density at radius 2 is 1.77 bits per heavy atom. The summed E-state index contributed by atoms with van der Waals surface area (Å²) in [5, 5.41) is 27.2. The Hall–Kier alpha value is -3.17. The van der Waals surface area contributed by atoms with Gasteiger partial charge >= 0.3 is 0 Å². The molecule has 3 aromatic rings. The van der Waals surface area contributed by atoms with E-state index in [9.17, 15) is 23.4 Å². The zero-order chi connectivity index (χ0) is 22.6. The van der Waals surface area contributed by atoms with Crippen LogP contribution in [-0.4, -0.2) is 51.9 Å². The highest BCUT2D eigenvalue weighted by molar-refractivity contribution is 7.92. The molecule has 31 heavy (non-hydrogen) atoms. The van der Waals surface area contributed by atoms with Crippen molar-refractivity contribution in [2.45, 2.75) is 24.3 Å². The summed E-state index contributed by atoms with van der Waals surface area (Å²) in [5.41, 5.74) is 1.74. The van der Waals surface area contributed by atoms with E-state index in [1.54, 1.807) is 24.5 Å². The van der Waals surface area contributed by atoms with E-state index in [-0.39, 0.29) is 24.3 Å². The first-order chi connectivity index (χ1) is 14.6. The third-order valence-corrected chi connectivity index (χ3v) is 7.40. The van der Waals surface area contributed by atoms with E-state index < -0.39 is 26.7 Å². The number of nitrogens with one attached hydrogen (secondary N) is 1. The maximum atomic E-state index is 12.5. The summed E-state index contributed by atoms with van der Waals surface area (Å²) in [7, 11) is -3.68. The lowest BCUT2D eigenvalue weighted by Gasteiger charge is -2.30. The van der Waals surface area contributed by atoms with Gasteiger partial charge in [-0.2, -0.15) is 5.10 Å². The second kappa shape index (κ2) is 8.91. The molecule has 1 amide bonds. The van der Waals surface area contributed by atoms with Crippen LogP contribution in [0.2, 0.25) is 0 Å². The summed E-state index contributed by atoms with van der Waals surface area (Å²) in [6.45, 7) is 1.21. The number of aromatic nitrogens is 2. The van der Waals surface area contributed by atoms with Gasteiger partial charge in [0.25, 0.3) is 5.91 Å². The number of rotatable bonds is 8. The number of phenols is 1. The summed E-state index contributed by atoms with van der Waals surface area (Å²) in [6, 6.07) is 15.5. The molecule has 0 aliphatic rings. The minimum Gasteiger partial charge on any atom is -0.507 e. The Bertz CT molecular complexity index is 1160. The number of aliphatic hydroxyl groups is 1. The fourth-order valence-electron chi connectivity index (χ4n) is 3.14. The average molecular weight is 444 g/mol. The van der Waals surface area contributed by atoms with Crippen LogP contribution in [0.3, 0.4) is 0 Å². The van der Waals surface area contributed by atoms with Crippen LogP contribution in [0.1, 0.15) is 29.9 Å². The Balaban J connectivity index is 1.76. The number of hydrogen-bond donors (Lipinski definition) is 3. The van der Waals surface area contributed by atoms with Crippen molar-refractivity contribution in [2.24, 2.45) is 0 Å². The lowest BCUT2D eigenvalue weighted by molar-refractivity contribution is 0.0689. The molecule has 0 saturated heterocycles. The number of phenolic OH excluding ortho intramolecular Hbond substituents is 1. The quantitative estimate of drug-likeness (QED) is 0.491. The number of sulfone groups is 1. The van der Waals surface area contributed by atoms with Gasteiger partial charge in [-0.3, -0.25) is 4.79 Å². The number of nitrogens with zero attached hydrogens (tertiary/aromatic N) is 2. The van der Waals surface area contributed by atoms with Gasteiger partial charge in [0.2, 0.25) is 0 Å². The summed E-state index contributed by atoms with van der Waals surface area (Å²) < 4.78 is 24.9. The highest BCUT2D eigenvalue weighted by Gasteiger charge is 2.39. The standard InChI is InChI=1S/C22H25N3O5S/c1-22(31(2,29)30,15-23-21(28)18-10-6-7-11-19(18)26)12-20(27)25-14-17(13-24-25)16-8-4-3-5-9-16/h3-11,13-14,20,26-27H,12,15H2,1-2H3,(H,23,28). The highest BCUT2D eigenvalue weighted by atomic mass is 32.2. The molecule has 0 spiro atoms. The van der Waals surface area contributed by atoms with E-state index in [4.69, 9.17) is 0 Å². The van der Waals surface area contributed by atoms with E-state index in [0.29, 0.717) is 0 Å². The van der Waals surface area contributed by atoms with Crippen molar-refractivity contribution in [3.63, 3.8) is 0 Å². The van der Waals surface area contributed by atoms with Gasteiger partial charge in [-0.05, 0) is 24.6 Å². The smallest absolute Gasteiger partial charge is 0.255 e. The molecule has 0 aliphatic carbocycles. The van der Waals surface area contributed by atoms with Crippen LogP contribution in [0.5, 0.6) is 5.75 Å². The molecule has 0 saturated carbocycles. The Morgan fingerprint density at radius 1 is 1.13 bits per heavy atom. The van der Waals surface area contributed by atoms with Crippen LogP contribution in [-0.2, 0) is 9.84 Å². The van der Waals surface area contributed by atoms with E-state index >= 15 is 0 Å². The summed E-state index contributed by atoms with van der Waals surface area (Å²) in [4.78, 5) is 12.4. The van der Waals surface area contributed by atoms with Gasteiger partial charge in [0.05, 0.1) is 16.5 Å². The van der Waals surface area contributed by atoms with Crippen molar-refractivity contribution >= 4 is 15.7 Å². The number of aliphatic hydroxyl groups excluding tert-OH is 1. The lowest BCUT2D eigenvalue weighted by Crippen LogP contribution is -2.47. The van der Waals surface area contributed by atoms with Gasteiger partial charge in [-0.25, -0.2) is 13.1 Å². The van der Waals surface area contributed by atoms with Crippen molar-refractivity contribution in [1.29, 1.82) is 0 Å². The number of amides is 1. The zero-order valence-corrected chi connectivity index (χ0v) is 18.1. The molecule has 1 aromatic heterocycles. The van der Waals surface area contributed by atoms with Gasteiger partial charge in [0, 0.05) is 31.0 Å². The monoisotopic (exact) mass is 443 g/mol. The Morgan fingerprint density at radius 3 is 2.42 bits per heavy atom. The number of carbonyl (C=O) groups excluding carboxylic acids is 1. The first-order valence-electron chi connectivity index (χ1n) is 9.64. The fraction of sp³-hybridized carbons (Fsp3) is 0.273. The minimum atomic E-state index is -3.68. The molecule has 8 nitrogen and oxygen atoms in total. The molecular weight excluding hydrogens is 418 g/mol. The van der Waals surface area contributed by atoms with E-state index in [0.717, 1.165) is 17.4 Å². The van der Waals surface area contributed by atoms with Gasteiger partial charge in [-0.15, -0.1) is 0 Å². The molecule has 1 heterocycles. The molecule has 3 N–H and O–H groups in total. The molecule has 0 aliphatic heterocycles. The predicted octanol–water partition coefficient (Wildman–Crippen LogP) is 2.37. The van der Waals surface area contributed by atoms with Crippen LogP contribution in [0.25, 0.3) is 11.1 Å². The summed E-state index contributed by atoms with van der Waals surface area (Å²) in [5.74, 6) is -0.806. The molecule has 0 fully saturated rings. The molecule has 9 heteroatoms. The van der Waals surface area contributed by atoms with Gasteiger partial charge in [0.15, 0.2) is 9.84 Å². The third-order valence-electron chi connectivity index (χ3n) is 5.30. The van der Waals surface area contributed by atoms with Crippen LogP contribution in [0.4, 0.5) is 0 Å². The van der Waals surface area contributed by atoms with E-state index in [1.165, 1.54) is 23.7 Å². The maximum Gasteiger partial charge on any atom is 0.255 e. The minimum absolute atomic E-state index is 0.0403. The zero-order valence-electron chi connectivity index (χ0n) is 17.3. The molecule has 0 radical (unpaired) electrons. The van der Waals surface area contributed by atoms with Gasteiger partial charge < -0.3 is 15.5 Å². The van der Waals surface area contributed by atoms with Crippen LogP contribution in [0.15, 0.2) is 67.0 Å². The molecule has 3 rings (SSSR count).